The number of carbonyl (C=O) groups excluding carboxylic acids is 1. The summed E-state index contributed by atoms with van der Waals surface area (Å²) in [6, 6.07) is -0.931. The number of aliphatic carboxylic acids is 1. The van der Waals surface area contributed by atoms with Crippen LogP contribution in [0.4, 0.5) is 0 Å². The summed E-state index contributed by atoms with van der Waals surface area (Å²) >= 11 is 0. The minimum Gasteiger partial charge on any atom is -0.548 e. The molecule has 6 nitrogen and oxygen atoms in total. The summed E-state index contributed by atoms with van der Waals surface area (Å²) < 4.78 is 0. The van der Waals surface area contributed by atoms with Gasteiger partial charge >= 0.3 is 68.9 Å². The van der Waals surface area contributed by atoms with Gasteiger partial charge in [0.1, 0.15) is 0 Å². The summed E-state index contributed by atoms with van der Waals surface area (Å²) in [4.78, 5) is 13.8. The van der Waals surface area contributed by atoms with E-state index < -0.39 is 12.0 Å². The number of nitrogens with zero attached hydrogens (tertiary/aromatic N) is 1. The molecule has 0 aliphatic carbocycles. The summed E-state index contributed by atoms with van der Waals surface area (Å²) in [5.41, 5.74) is 15.2. The molecule has 0 aromatic rings. The second-order valence-electron chi connectivity index (χ2n) is 2.37. The van der Waals surface area contributed by atoms with Crippen molar-refractivity contribution in [1.29, 1.82) is 0 Å². The zero-order valence-electron chi connectivity index (χ0n) is 7.69. The first kappa shape index (κ1) is 16.2. The molecule has 0 radical (unpaired) electrons. The fourth-order valence-electron chi connectivity index (χ4n) is 0.637. The molecule has 6 N–H and O–H groups in total. The van der Waals surface area contributed by atoms with Crippen molar-refractivity contribution in [1.82, 2.24) is 0 Å². The molecule has 0 spiro atoms. The molecule has 1 atom stereocenters. The van der Waals surface area contributed by atoms with Gasteiger partial charge in [-0.15, -0.1) is 0 Å². The largest absolute Gasteiger partial charge is 1.00 e. The summed E-state index contributed by atoms with van der Waals surface area (Å²) in [6.07, 6.45) is 0.853. The number of carbonyl (C=O) groups is 1. The maximum atomic E-state index is 10.1. The first-order valence-electron chi connectivity index (χ1n) is 3.56. The molecular weight excluding hydrogens is 293 g/mol. The second-order valence-corrected chi connectivity index (χ2v) is 2.37. The van der Waals surface area contributed by atoms with Crippen molar-refractivity contribution < 1.29 is 78.8 Å². The maximum absolute atomic E-state index is 10.1. The van der Waals surface area contributed by atoms with Gasteiger partial charge in [0.2, 0.25) is 0 Å². The predicted octanol–water partition coefficient (Wildman–Crippen LogP) is -5.88. The number of guanidine groups is 1. The van der Waals surface area contributed by atoms with E-state index in [-0.39, 0.29) is 74.9 Å². The van der Waals surface area contributed by atoms with Crippen molar-refractivity contribution in [3.63, 3.8) is 0 Å². The molecule has 0 amide bonds. The van der Waals surface area contributed by atoms with Crippen LogP contribution in [0.3, 0.4) is 0 Å². The van der Waals surface area contributed by atoms with Gasteiger partial charge in [0.25, 0.3) is 0 Å². The van der Waals surface area contributed by atoms with Gasteiger partial charge < -0.3 is 27.1 Å². The van der Waals surface area contributed by atoms with Crippen molar-refractivity contribution in [2.24, 2.45) is 22.2 Å². The third-order valence-electron chi connectivity index (χ3n) is 1.27. The van der Waals surface area contributed by atoms with Gasteiger partial charge in [-0.2, -0.15) is 0 Å². The Bertz CT molecular complexity index is 181. The average Bonchev–Trinajstić information content (AvgIpc) is 1.97. The number of nitrogens with two attached hydrogens (primary N) is 3. The Morgan fingerprint density at radius 2 is 2.00 bits per heavy atom. The number of carboxylic acids is 1. The second kappa shape index (κ2) is 9.31. The first-order valence-corrected chi connectivity index (χ1v) is 3.56. The van der Waals surface area contributed by atoms with E-state index in [9.17, 15) is 9.90 Å². The monoisotopic (exact) mass is 306 g/mol. The molecule has 70 valence electrons. The van der Waals surface area contributed by atoms with E-state index in [0.29, 0.717) is 19.4 Å². The van der Waals surface area contributed by atoms with Gasteiger partial charge in [-0.25, -0.2) is 0 Å². The molecule has 0 bridgehead atoms. The van der Waals surface area contributed by atoms with E-state index in [2.05, 4.69) is 4.99 Å². The van der Waals surface area contributed by atoms with Crippen LogP contribution in [-0.2, 0) is 4.79 Å². The Kier molecular flexibility index (Phi) is 11.6. The standard InChI is InChI=1S/C6H14N4O2.Cs/c7-4(5(11)12)2-1-3-10-6(8)9;/h4H,1-3,7H2,(H,11,12)(H4,8,9,10);/q;+1/p-1/t4-;/m0./s1. The van der Waals surface area contributed by atoms with E-state index in [4.69, 9.17) is 17.2 Å². The zero-order valence-corrected chi connectivity index (χ0v) is 14.0. The van der Waals surface area contributed by atoms with Crippen LogP contribution in [0.15, 0.2) is 4.99 Å². The van der Waals surface area contributed by atoms with Gasteiger partial charge in [0.15, 0.2) is 5.96 Å². The van der Waals surface area contributed by atoms with Crippen molar-refractivity contribution in [3.8, 4) is 0 Å². The minimum atomic E-state index is -1.25. The number of aliphatic imine (C=N–C) groups is 1. The molecule has 0 aliphatic heterocycles. The molecule has 0 aromatic heterocycles. The topological polar surface area (TPSA) is 131 Å². The fourth-order valence-corrected chi connectivity index (χ4v) is 0.637. The molecule has 0 heterocycles. The van der Waals surface area contributed by atoms with Crippen LogP contribution >= 0.6 is 0 Å². The quantitative estimate of drug-likeness (QED) is 0.264. The third-order valence-corrected chi connectivity index (χ3v) is 1.27. The number of hydrogen-bond acceptors (Lipinski definition) is 4. The van der Waals surface area contributed by atoms with E-state index in [0.717, 1.165) is 0 Å². The van der Waals surface area contributed by atoms with Crippen LogP contribution in [0.5, 0.6) is 0 Å². The molecule has 0 rings (SSSR count). The minimum absolute atomic E-state index is 0. The van der Waals surface area contributed by atoms with Crippen LogP contribution in [0, 0.1) is 0 Å². The van der Waals surface area contributed by atoms with E-state index in [1.807, 2.05) is 0 Å². The van der Waals surface area contributed by atoms with Crippen molar-refractivity contribution in [2.75, 3.05) is 6.54 Å². The van der Waals surface area contributed by atoms with Gasteiger partial charge in [-0.05, 0) is 12.8 Å². The van der Waals surface area contributed by atoms with E-state index in [1.165, 1.54) is 0 Å². The Hall–Kier alpha value is 0.752. The van der Waals surface area contributed by atoms with Crippen LogP contribution in [0.25, 0.3) is 0 Å². The van der Waals surface area contributed by atoms with Crippen LogP contribution in [-0.4, -0.2) is 24.5 Å². The summed E-state index contributed by atoms with van der Waals surface area (Å²) in [5, 5.41) is 10.1. The Morgan fingerprint density at radius 1 is 1.46 bits per heavy atom. The molecule has 0 saturated heterocycles. The predicted molar refractivity (Wildman–Crippen MR) is 42.9 cm³/mol. The molecule has 0 unspecified atom stereocenters. The smallest absolute Gasteiger partial charge is 0.548 e. The summed E-state index contributed by atoms with van der Waals surface area (Å²) in [6.45, 7) is 0.392. The normalized spacial score (nSPS) is 11.2. The van der Waals surface area contributed by atoms with Crippen LogP contribution in [0.1, 0.15) is 12.8 Å². The van der Waals surface area contributed by atoms with Crippen LogP contribution < -0.4 is 91.2 Å². The summed E-state index contributed by atoms with van der Waals surface area (Å²) in [7, 11) is 0. The number of hydrogen-bond donors (Lipinski definition) is 3. The third kappa shape index (κ3) is 10.7. The van der Waals surface area contributed by atoms with Crippen molar-refractivity contribution >= 4 is 11.9 Å². The fraction of sp³-hybridized carbons (Fsp3) is 0.667. The Balaban J connectivity index is 0. The Labute approximate surface area is 136 Å². The van der Waals surface area contributed by atoms with E-state index in [1.54, 1.807) is 0 Å². The molecular formula is C6H13CsN4O2. The molecule has 0 fully saturated rings. The van der Waals surface area contributed by atoms with Gasteiger partial charge in [-0.1, -0.05) is 0 Å². The van der Waals surface area contributed by atoms with Crippen LogP contribution in [0.2, 0.25) is 0 Å². The average molecular weight is 306 g/mol. The zero-order chi connectivity index (χ0) is 9.56. The van der Waals surface area contributed by atoms with Gasteiger partial charge in [0.05, 0.1) is 5.97 Å². The SMILES string of the molecule is NC(N)=NCCC[C@H](N)C(=O)[O-].[Cs+]. The first-order chi connectivity index (χ1) is 5.54. The van der Waals surface area contributed by atoms with Gasteiger partial charge in [0, 0.05) is 12.6 Å². The van der Waals surface area contributed by atoms with Gasteiger partial charge in [-0.3, -0.25) is 4.99 Å². The summed E-state index contributed by atoms with van der Waals surface area (Å²) in [5.74, 6) is -1.25. The van der Waals surface area contributed by atoms with E-state index >= 15 is 0 Å². The number of rotatable bonds is 5. The molecule has 7 heteroatoms. The molecule has 13 heavy (non-hydrogen) atoms. The van der Waals surface area contributed by atoms with Crippen molar-refractivity contribution in [2.45, 2.75) is 18.9 Å². The molecule has 0 aliphatic rings. The molecule has 0 aromatic carbocycles. The molecule has 0 saturated carbocycles. The Morgan fingerprint density at radius 3 is 2.38 bits per heavy atom. The maximum Gasteiger partial charge on any atom is 1.00 e. The number of carboxylic acid groups (broad SMARTS) is 1. The van der Waals surface area contributed by atoms with Crippen molar-refractivity contribution in [3.05, 3.63) is 0 Å².